The molecular weight excluding hydrogens is 408 g/mol. The predicted octanol–water partition coefficient (Wildman–Crippen LogP) is 3.87. The summed E-state index contributed by atoms with van der Waals surface area (Å²) >= 11 is 5.94. The van der Waals surface area contributed by atoms with Crippen LogP contribution in [0.15, 0.2) is 29.2 Å². The van der Waals surface area contributed by atoms with Gasteiger partial charge in [-0.3, -0.25) is 0 Å². The van der Waals surface area contributed by atoms with E-state index in [0.717, 1.165) is 18.2 Å². The smallest absolute Gasteiger partial charge is 0.315 e. The quantitative estimate of drug-likeness (QED) is 0.590. The van der Waals surface area contributed by atoms with Crippen molar-refractivity contribution in [2.45, 2.75) is 29.0 Å². The van der Waals surface area contributed by atoms with Crippen LogP contribution in [0.3, 0.4) is 0 Å². The molecule has 1 aliphatic rings. The first-order chi connectivity index (χ1) is 11.8. The van der Waals surface area contributed by atoms with E-state index in [2.05, 4.69) is 5.32 Å². The zero-order valence-corrected chi connectivity index (χ0v) is 14.8. The molecule has 2 rings (SSSR count). The number of hydrogen-bond acceptors (Lipinski definition) is 3. The van der Waals surface area contributed by atoms with Crippen molar-refractivity contribution in [1.82, 2.24) is 5.32 Å². The Bertz CT molecular complexity index is 734. The number of rotatable bonds is 4. The monoisotopic (exact) mass is 423 g/mol. The van der Waals surface area contributed by atoms with Crippen LogP contribution in [0.2, 0.25) is 0 Å². The van der Waals surface area contributed by atoms with Gasteiger partial charge in [-0.25, -0.2) is 8.42 Å². The average molecular weight is 424 g/mol. The molecule has 148 valence electrons. The Labute approximate surface area is 151 Å². The van der Waals surface area contributed by atoms with Gasteiger partial charge in [-0.1, -0.05) is 6.07 Å². The van der Waals surface area contributed by atoms with E-state index < -0.39 is 62.0 Å². The highest BCUT2D eigenvalue weighted by Crippen LogP contribution is 2.39. The highest BCUT2D eigenvalue weighted by Gasteiger charge is 2.48. The molecule has 0 amide bonds. The molecule has 3 nitrogen and oxygen atoms in total. The van der Waals surface area contributed by atoms with Gasteiger partial charge in [-0.15, -0.1) is 11.6 Å². The standard InChI is InChI=1S/C15H16ClF6NO2S/c16-13-8-23-7-12(15(20,21)22)11(13)4-5-26(24,25)10-3-1-2-9(6-10)14(17,18)19/h1-3,6,11-13,23H,4-5,7-8H2. The third-order valence-electron chi connectivity index (χ3n) is 4.35. The molecule has 1 aliphatic heterocycles. The molecule has 3 atom stereocenters. The topological polar surface area (TPSA) is 46.2 Å². The maximum absolute atomic E-state index is 13.1. The minimum absolute atomic E-state index is 0.0996. The van der Waals surface area contributed by atoms with E-state index in [1.54, 1.807) is 0 Å². The van der Waals surface area contributed by atoms with Crippen molar-refractivity contribution in [3.05, 3.63) is 29.8 Å². The summed E-state index contributed by atoms with van der Waals surface area (Å²) in [6.45, 7) is -0.274. The minimum Gasteiger partial charge on any atom is -0.315 e. The molecule has 1 heterocycles. The zero-order valence-electron chi connectivity index (χ0n) is 13.2. The fourth-order valence-electron chi connectivity index (χ4n) is 2.95. The van der Waals surface area contributed by atoms with E-state index >= 15 is 0 Å². The second-order valence-electron chi connectivity index (χ2n) is 6.12. The molecule has 1 aromatic carbocycles. The van der Waals surface area contributed by atoms with Crippen molar-refractivity contribution in [1.29, 1.82) is 0 Å². The van der Waals surface area contributed by atoms with Gasteiger partial charge in [0, 0.05) is 18.5 Å². The van der Waals surface area contributed by atoms with Crippen LogP contribution in [-0.2, 0) is 16.0 Å². The van der Waals surface area contributed by atoms with Crippen LogP contribution in [-0.4, -0.2) is 38.8 Å². The number of halogens is 7. The zero-order chi connectivity index (χ0) is 19.8. The highest BCUT2D eigenvalue weighted by atomic mass is 35.5. The molecule has 0 saturated carbocycles. The Kier molecular flexibility index (Phi) is 6.19. The summed E-state index contributed by atoms with van der Waals surface area (Å²) in [5.74, 6) is -3.66. The first-order valence-electron chi connectivity index (χ1n) is 7.64. The van der Waals surface area contributed by atoms with Crippen LogP contribution in [0, 0.1) is 11.8 Å². The fraction of sp³-hybridized carbons (Fsp3) is 0.600. The lowest BCUT2D eigenvalue weighted by Gasteiger charge is -2.36. The van der Waals surface area contributed by atoms with Gasteiger partial charge >= 0.3 is 12.4 Å². The first kappa shape index (κ1) is 21.3. The van der Waals surface area contributed by atoms with Gasteiger partial charge in [0.05, 0.1) is 22.1 Å². The van der Waals surface area contributed by atoms with Crippen molar-refractivity contribution in [3.8, 4) is 0 Å². The van der Waals surface area contributed by atoms with Gasteiger partial charge in [0.15, 0.2) is 9.84 Å². The van der Waals surface area contributed by atoms with Crippen LogP contribution in [0.4, 0.5) is 26.3 Å². The number of hydrogen-bond donors (Lipinski definition) is 1. The van der Waals surface area contributed by atoms with Crippen molar-refractivity contribution >= 4 is 21.4 Å². The Balaban J connectivity index is 2.19. The maximum Gasteiger partial charge on any atom is 0.416 e. The molecule has 0 aliphatic carbocycles. The van der Waals surface area contributed by atoms with Gasteiger partial charge < -0.3 is 5.32 Å². The molecule has 1 fully saturated rings. The fourth-order valence-corrected chi connectivity index (χ4v) is 4.77. The maximum atomic E-state index is 13.1. The summed E-state index contributed by atoms with van der Waals surface area (Å²) in [4.78, 5) is -0.573. The summed E-state index contributed by atoms with van der Waals surface area (Å²) in [5.41, 5.74) is -1.14. The Morgan fingerprint density at radius 1 is 1.12 bits per heavy atom. The van der Waals surface area contributed by atoms with E-state index in [9.17, 15) is 34.8 Å². The number of alkyl halides is 7. The molecule has 1 N–H and O–H groups in total. The summed E-state index contributed by atoms with van der Waals surface area (Å²) < 4.78 is 102. The minimum atomic E-state index is -4.72. The van der Waals surface area contributed by atoms with E-state index in [-0.39, 0.29) is 13.1 Å². The SMILES string of the molecule is O=S(=O)(CCC1C(Cl)CNCC1C(F)(F)F)c1cccc(C(F)(F)F)c1. The number of piperidine rings is 1. The summed E-state index contributed by atoms with van der Waals surface area (Å²) in [6.07, 6.45) is -9.66. The van der Waals surface area contributed by atoms with Gasteiger partial charge in [-0.2, -0.15) is 26.3 Å². The van der Waals surface area contributed by atoms with Crippen molar-refractivity contribution in [3.63, 3.8) is 0 Å². The number of benzene rings is 1. The molecule has 0 spiro atoms. The molecule has 0 radical (unpaired) electrons. The van der Waals surface area contributed by atoms with Gasteiger partial charge in [-0.05, 0) is 30.5 Å². The van der Waals surface area contributed by atoms with Crippen molar-refractivity contribution in [2.24, 2.45) is 11.8 Å². The molecule has 1 saturated heterocycles. The molecule has 26 heavy (non-hydrogen) atoms. The van der Waals surface area contributed by atoms with E-state index in [1.807, 2.05) is 0 Å². The predicted molar refractivity (Wildman–Crippen MR) is 83.7 cm³/mol. The number of nitrogens with one attached hydrogen (secondary N) is 1. The van der Waals surface area contributed by atoms with Gasteiger partial charge in [0.1, 0.15) is 0 Å². The summed E-state index contributed by atoms with van der Waals surface area (Å²) in [6, 6.07) is 3.15. The van der Waals surface area contributed by atoms with Crippen molar-refractivity contribution in [2.75, 3.05) is 18.8 Å². The van der Waals surface area contributed by atoms with E-state index in [0.29, 0.717) is 6.07 Å². The second-order valence-corrected chi connectivity index (χ2v) is 8.79. The lowest BCUT2D eigenvalue weighted by atomic mass is 9.83. The highest BCUT2D eigenvalue weighted by molar-refractivity contribution is 7.91. The van der Waals surface area contributed by atoms with Gasteiger partial charge in [0.2, 0.25) is 0 Å². The lowest BCUT2D eigenvalue weighted by molar-refractivity contribution is -0.191. The van der Waals surface area contributed by atoms with Crippen LogP contribution in [0.5, 0.6) is 0 Å². The molecule has 3 unspecified atom stereocenters. The molecule has 1 aromatic rings. The van der Waals surface area contributed by atoms with E-state index in [4.69, 9.17) is 11.6 Å². The van der Waals surface area contributed by atoms with Crippen LogP contribution < -0.4 is 5.32 Å². The van der Waals surface area contributed by atoms with E-state index in [1.165, 1.54) is 0 Å². The Hall–Kier alpha value is -1.00. The third-order valence-corrected chi connectivity index (χ3v) is 6.57. The first-order valence-corrected chi connectivity index (χ1v) is 9.73. The normalized spacial score (nSPS) is 25.3. The Morgan fingerprint density at radius 3 is 2.35 bits per heavy atom. The summed E-state index contributed by atoms with van der Waals surface area (Å²) in [5, 5.41) is 1.62. The molecular formula is C15H16ClF6NO2S. The van der Waals surface area contributed by atoms with Crippen molar-refractivity contribution < 1.29 is 34.8 Å². The molecule has 0 bridgehead atoms. The lowest BCUT2D eigenvalue weighted by Crippen LogP contribution is -2.50. The average Bonchev–Trinajstić information content (AvgIpc) is 2.52. The van der Waals surface area contributed by atoms with Gasteiger partial charge in [0.25, 0.3) is 0 Å². The second kappa shape index (κ2) is 7.55. The Morgan fingerprint density at radius 2 is 1.77 bits per heavy atom. The third kappa shape index (κ3) is 5.04. The largest absolute Gasteiger partial charge is 0.416 e. The van der Waals surface area contributed by atoms with Crippen LogP contribution in [0.25, 0.3) is 0 Å². The molecule has 11 heteroatoms. The van der Waals surface area contributed by atoms with Crippen LogP contribution in [0.1, 0.15) is 12.0 Å². The molecule has 0 aromatic heterocycles. The van der Waals surface area contributed by atoms with Crippen LogP contribution >= 0.6 is 11.6 Å². The number of sulfone groups is 1. The summed E-state index contributed by atoms with van der Waals surface area (Å²) in [7, 11) is -4.18.